The van der Waals surface area contributed by atoms with E-state index in [9.17, 15) is 27.5 Å². The van der Waals surface area contributed by atoms with Gasteiger partial charge in [0.1, 0.15) is 5.82 Å². The Bertz CT molecular complexity index is 1080. The van der Waals surface area contributed by atoms with Gasteiger partial charge in [-0.25, -0.2) is 4.39 Å². The van der Waals surface area contributed by atoms with Gasteiger partial charge in [-0.2, -0.15) is 13.2 Å². The van der Waals surface area contributed by atoms with E-state index in [0.29, 0.717) is 54.7 Å². The number of aliphatic hydroxyl groups is 1. The zero-order chi connectivity index (χ0) is 27.9. The lowest BCUT2D eigenvalue weighted by molar-refractivity contribution is -0.138. The minimum absolute atomic E-state index is 0.0238. The molecule has 0 aromatic heterocycles. The second-order valence-electron chi connectivity index (χ2n) is 9.68. The monoisotopic (exact) mass is 558 g/mol. The van der Waals surface area contributed by atoms with Crippen LogP contribution >= 0.6 is 11.6 Å². The lowest BCUT2D eigenvalue weighted by atomic mass is 9.99. The highest BCUT2D eigenvalue weighted by Crippen LogP contribution is 2.31. The lowest BCUT2D eigenvalue weighted by Crippen LogP contribution is -2.47. The number of anilines is 2. The Morgan fingerprint density at radius 2 is 1.84 bits per heavy atom. The average Bonchev–Trinajstić information content (AvgIpc) is 2.88. The zero-order valence-electron chi connectivity index (χ0n) is 21.6. The molecular weight excluding hydrogens is 524 g/mol. The summed E-state index contributed by atoms with van der Waals surface area (Å²) in [6, 6.07) is 9.21. The lowest BCUT2D eigenvalue weighted by Gasteiger charge is -2.37. The van der Waals surface area contributed by atoms with Crippen molar-refractivity contribution in [1.82, 2.24) is 10.2 Å². The zero-order valence-corrected chi connectivity index (χ0v) is 22.4. The average molecular weight is 559 g/mol. The fourth-order valence-electron chi connectivity index (χ4n) is 4.39. The highest BCUT2D eigenvalue weighted by atomic mass is 35.5. The second-order valence-corrected chi connectivity index (χ2v) is 10.1. The Labute approximate surface area is 225 Å². The van der Waals surface area contributed by atoms with Crippen molar-refractivity contribution in [2.45, 2.75) is 45.5 Å². The van der Waals surface area contributed by atoms with Crippen LogP contribution in [0.4, 0.5) is 28.9 Å². The van der Waals surface area contributed by atoms with Gasteiger partial charge in [-0.1, -0.05) is 37.9 Å². The number of nitrogens with zero attached hydrogens (tertiary/aromatic N) is 2. The van der Waals surface area contributed by atoms with E-state index in [1.165, 1.54) is 12.1 Å². The molecule has 0 radical (unpaired) electrons. The van der Waals surface area contributed by atoms with Gasteiger partial charge < -0.3 is 20.6 Å². The third-order valence-corrected chi connectivity index (χ3v) is 7.24. The summed E-state index contributed by atoms with van der Waals surface area (Å²) in [6.07, 6.45) is -4.15. The Kier molecular flexibility index (Phi) is 10.8. The Balaban J connectivity index is 1.65. The molecule has 0 saturated carbocycles. The van der Waals surface area contributed by atoms with Crippen molar-refractivity contribution >= 4 is 28.9 Å². The minimum atomic E-state index is -4.19. The van der Waals surface area contributed by atoms with Gasteiger partial charge in [0.25, 0.3) is 5.91 Å². The molecule has 1 fully saturated rings. The first-order valence-corrected chi connectivity index (χ1v) is 13.2. The maximum Gasteiger partial charge on any atom is 0.390 e. The molecule has 0 spiro atoms. The number of aliphatic hydroxyl groups excluding tert-OH is 1. The first-order chi connectivity index (χ1) is 18.0. The van der Waals surface area contributed by atoms with Gasteiger partial charge in [-0.05, 0) is 41.8 Å². The Morgan fingerprint density at radius 3 is 2.45 bits per heavy atom. The van der Waals surface area contributed by atoms with Gasteiger partial charge in [0.2, 0.25) is 0 Å². The van der Waals surface area contributed by atoms with Gasteiger partial charge >= 0.3 is 6.18 Å². The second kappa shape index (κ2) is 13.6. The summed E-state index contributed by atoms with van der Waals surface area (Å²) in [4.78, 5) is 16.7. The third-order valence-electron chi connectivity index (χ3n) is 7.01. The van der Waals surface area contributed by atoms with Crippen molar-refractivity contribution in [3.8, 4) is 0 Å². The van der Waals surface area contributed by atoms with Crippen LogP contribution in [0.2, 0.25) is 5.02 Å². The molecule has 3 N–H and O–H groups in total. The first-order valence-electron chi connectivity index (χ1n) is 12.8. The van der Waals surface area contributed by atoms with Crippen LogP contribution in [0.1, 0.15) is 42.6 Å². The van der Waals surface area contributed by atoms with Gasteiger partial charge in [0, 0.05) is 50.3 Å². The summed E-state index contributed by atoms with van der Waals surface area (Å²) >= 11 is 6.20. The van der Waals surface area contributed by atoms with Crippen LogP contribution in [0.25, 0.3) is 0 Å². The molecule has 2 aromatic carbocycles. The van der Waals surface area contributed by atoms with Crippen LogP contribution in [-0.4, -0.2) is 67.5 Å². The molecule has 11 heteroatoms. The van der Waals surface area contributed by atoms with Crippen molar-refractivity contribution in [3.05, 3.63) is 58.4 Å². The number of hydrogen-bond acceptors (Lipinski definition) is 5. The molecule has 210 valence electrons. The van der Waals surface area contributed by atoms with Crippen LogP contribution in [0, 0.1) is 11.7 Å². The van der Waals surface area contributed by atoms with Crippen LogP contribution in [0.5, 0.6) is 0 Å². The van der Waals surface area contributed by atoms with E-state index in [1.54, 1.807) is 29.2 Å². The largest absolute Gasteiger partial charge is 0.395 e. The molecule has 1 amide bonds. The topological polar surface area (TPSA) is 67.8 Å². The molecular formula is C27H35ClF4N4O2. The molecule has 2 atom stereocenters. The van der Waals surface area contributed by atoms with Gasteiger partial charge in [0.15, 0.2) is 0 Å². The quantitative estimate of drug-likeness (QED) is 0.327. The summed E-state index contributed by atoms with van der Waals surface area (Å²) in [5, 5.41) is 16.0. The van der Waals surface area contributed by atoms with E-state index in [2.05, 4.69) is 10.6 Å². The fraction of sp³-hybridized carbons (Fsp3) is 0.519. The van der Waals surface area contributed by atoms with E-state index >= 15 is 0 Å². The maximum absolute atomic E-state index is 14.9. The molecule has 0 aliphatic carbocycles. The van der Waals surface area contributed by atoms with Gasteiger partial charge in [-0.3, -0.25) is 9.69 Å². The SMILES string of the molecule is CC[C@H](C)[C@@H](CO)NCc1ccc(C(=O)Nc2ccc(Cl)cc2N2CCN(CCC(F)(F)F)CC2)c(F)c1. The summed E-state index contributed by atoms with van der Waals surface area (Å²) in [6.45, 7) is 6.13. The molecule has 38 heavy (non-hydrogen) atoms. The number of carbonyl (C=O) groups excluding carboxylic acids is 1. The number of hydrogen-bond donors (Lipinski definition) is 3. The smallest absolute Gasteiger partial charge is 0.390 e. The van der Waals surface area contributed by atoms with Crippen LogP contribution in [-0.2, 0) is 6.54 Å². The predicted molar refractivity (Wildman–Crippen MR) is 142 cm³/mol. The highest BCUT2D eigenvalue weighted by molar-refractivity contribution is 6.31. The van der Waals surface area contributed by atoms with Crippen LogP contribution < -0.4 is 15.5 Å². The normalized spacial score (nSPS) is 16.4. The molecule has 2 aromatic rings. The molecule has 1 aliphatic rings. The minimum Gasteiger partial charge on any atom is -0.395 e. The number of rotatable bonds is 11. The molecule has 1 aliphatic heterocycles. The predicted octanol–water partition coefficient (Wildman–Crippen LogP) is 5.30. The van der Waals surface area contributed by atoms with Crippen molar-refractivity contribution in [3.63, 3.8) is 0 Å². The highest BCUT2D eigenvalue weighted by Gasteiger charge is 2.29. The summed E-state index contributed by atoms with van der Waals surface area (Å²) < 4.78 is 52.6. The van der Waals surface area contributed by atoms with Crippen molar-refractivity contribution in [2.75, 3.05) is 49.5 Å². The van der Waals surface area contributed by atoms with Gasteiger partial charge in [0.05, 0.1) is 30.0 Å². The standard InChI is InChI=1S/C27H35ClF4N4O2/c1-3-18(2)24(17-37)33-16-19-4-6-21(22(29)14-19)26(38)34-23-7-5-20(28)15-25(23)36-12-10-35(11-13-36)9-8-27(30,31)32/h4-7,14-15,18,24,33,37H,3,8-13,16-17H2,1-2H3,(H,34,38)/t18-,24+/m0/s1. The molecule has 1 heterocycles. The molecule has 6 nitrogen and oxygen atoms in total. The molecule has 0 unspecified atom stereocenters. The Hall–Kier alpha value is -2.40. The number of halogens is 5. The molecule has 0 bridgehead atoms. The van der Waals surface area contributed by atoms with E-state index in [-0.39, 0.29) is 30.7 Å². The number of piperazine rings is 1. The van der Waals surface area contributed by atoms with E-state index in [4.69, 9.17) is 11.6 Å². The van der Waals surface area contributed by atoms with Crippen molar-refractivity contribution in [2.24, 2.45) is 5.92 Å². The third kappa shape index (κ3) is 8.56. The van der Waals surface area contributed by atoms with Crippen molar-refractivity contribution in [1.29, 1.82) is 0 Å². The maximum atomic E-state index is 14.9. The van der Waals surface area contributed by atoms with Crippen LogP contribution in [0.3, 0.4) is 0 Å². The number of alkyl halides is 3. The van der Waals surface area contributed by atoms with Gasteiger partial charge in [-0.15, -0.1) is 0 Å². The number of carbonyl (C=O) groups is 1. The van der Waals surface area contributed by atoms with E-state index in [1.807, 2.05) is 18.7 Å². The Morgan fingerprint density at radius 1 is 1.13 bits per heavy atom. The first kappa shape index (κ1) is 30.1. The number of benzene rings is 2. The number of amides is 1. The summed E-state index contributed by atoms with van der Waals surface area (Å²) in [5.74, 6) is -1.03. The van der Waals surface area contributed by atoms with Crippen LogP contribution in [0.15, 0.2) is 36.4 Å². The summed E-state index contributed by atoms with van der Waals surface area (Å²) in [5.41, 5.74) is 1.60. The van der Waals surface area contributed by atoms with Crippen molar-refractivity contribution < 1.29 is 27.5 Å². The van der Waals surface area contributed by atoms with E-state index < -0.39 is 24.3 Å². The molecule has 3 rings (SSSR count). The molecule has 1 saturated heterocycles. The summed E-state index contributed by atoms with van der Waals surface area (Å²) in [7, 11) is 0. The number of nitrogens with one attached hydrogen (secondary N) is 2. The fourth-order valence-corrected chi connectivity index (χ4v) is 4.56. The van der Waals surface area contributed by atoms with E-state index in [0.717, 1.165) is 6.42 Å².